The fourth-order valence-electron chi connectivity index (χ4n) is 0. The van der Waals surface area contributed by atoms with E-state index in [0.29, 0.717) is 0 Å². The van der Waals surface area contributed by atoms with Gasteiger partial charge in [0.25, 0.3) is 1.43 Å². The van der Waals surface area contributed by atoms with E-state index >= 15 is 0 Å². The summed E-state index contributed by atoms with van der Waals surface area (Å²) in [6, 6.07) is 0. The molecular weight excluding hydrogens is 144 g/mol. The van der Waals surface area contributed by atoms with Crippen LogP contribution in [-0.4, -0.2) is 31.8 Å². The average molecular weight is 154 g/mol. The van der Waals surface area contributed by atoms with Crippen molar-refractivity contribution < 1.29 is 36.1 Å². The first-order valence-electron chi connectivity index (χ1n) is 1.16. The zero-order valence-corrected chi connectivity index (χ0v) is 4.45. The lowest BCUT2D eigenvalue weighted by Crippen LogP contribution is -1.43. The van der Waals surface area contributed by atoms with Gasteiger partial charge in [-0.25, -0.2) is 5.26 Å². The van der Waals surface area contributed by atoms with Gasteiger partial charge in [-0.3, -0.25) is 21.0 Å². The van der Waals surface area contributed by atoms with Crippen LogP contribution in [0.25, 0.3) is 1.43 Å². The fraction of sp³-hybridized carbons (Fsp3) is 0. The molecule has 0 bridgehead atoms. The zero-order valence-electron chi connectivity index (χ0n) is 4.55. The number of rotatable bonds is 1. The van der Waals surface area contributed by atoms with Crippen molar-refractivity contribution in [2.45, 2.75) is 0 Å². The molecule has 0 amide bonds. The first-order valence-corrected chi connectivity index (χ1v) is 1.11. The summed E-state index contributed by atoms with van der Waals surface area (Å²) in [6.45, 7) is 0. The molecule has 0 aliphatic carbocycles. The van der Waals surface area contributed by atoms with Gasteiger partial charge in [-0.05, 0) is 0 Å². The van der Waals surface area contributed by atoms with E-state index in [-0.39, 0.29) is 5.48 Å². The minimum atomic E-state index is 0. The summed E-state index contributed by atoms with van der Waals surface area (Å²) >= 11 is 3.01. The zero-order chi connectivity index (χ0) is 7.41. The van der Waals surface area contributed by atoms with Crippen molar-refractivity contribution in [3.63, 3.8) is 0 Å². The summed E-state index contributed by atoms with van der Waals surface area (Å²) in [4.78, 5) is 0. The van der Waals surface area contributed by atoms with Crippen molar-refractivity contribution in [3.8, 4) is 0 Å². The molecule has 0 aliphatic heterocycles. The highest BCUT2D eigenvalue weighted by Gasteiger charge is 1.28. The van der Waals surface area contributed by atoms with E-state index in [9.17, 15) is 0 Å². The Balaban J connectivity index is -0.0000000221. The SMILES string of the molecule is O.OO.OO.[3H]OOS. The van der Waals surface area contributed by atoms with Crippen LogP contribution in [0.15, 0.2) is 0 Å². The molecule has 8 heavy (non-hydrogen) atoms. The van der Waals surface area contributed by atoms with Crippen LogP contribution in [0.5, 0.6) is 0 Å². The molecule has 0 radical (unpaired) electrons. The summed E-state index contributed by atoms with van der Waals surface area (Å²) in [5.41, 5.74) is 0. The standard InChI is InChI=1S/H2O2S.2H2O2.H2O/c1-2-3;2*1-2;/h1,3H;2*1-2H;1H2/i/hT. The summed E-state index contributed by atoms with van der Waals surface area (Å²) in [5.74, 6) is 0. The van der Waals surface area contributed by atoms with Crippen molar-refractivity contribution in [1.82, 2.24) is 0 Å². The van der Waals surface area contributed by atoms with E-state index in [4.69, 9.17) is 22.5 Å². The van der Waals surface area contributed by atoms with Crippen LogP contribution in [0.2, 0.25) is 0 Å². The Labute approximate surface area is 51.6 Å². The molecule has 0 heterocycles. The van der Waals surface area contributed by atoms with Gasteiger partial charge >= 0.3 is 0 Å². The molecule has 0 aromatic rings. The Hall–Kier alpha value is 0.0700. The molecule has 0 saturated heterocycles. The maximum Gasteiger partial charge on any atom is 0.256 e. The first-order chi connectivity index (χ1) is 3.91. The first kappa shape index (κ1) is 15.7. The second-order valence-electron chi connectivity index (χ2n) is 0.0745. The number of thiol groups is 1. The van der Waals surface area contributed by atoms with Gasteiger partial charge in [0.05, 0.1) is 0 Å². The molecule has 8 heteroatoms. The van der Waals surface area contributed by atoms with Gasteiger partial charge in [-0.15, -0.1) is 0 Å². The van der Waals surface area contributed by atoms with Crippen LogP contribution in [-0.2, 0) is 4.33 Å². The van der Waals surface area contributed by atoms with Gasteiger partial charge in [0.2, 0.25) is 0 Å². The van der Waals surface area contributed by atoms with Gasteiger partial charge in [-0.2, -0.15) is 4.33 Å². The fourth-order valence-corrected chi connectivity index (χ4v) is 0. The molecule has 0 fully saturated rings. The lowest BCUT2D eigenvalue weighted by Gasteiger charge is -1.56. The van der Waals surface area contributed by atoms with E-state index < -0.39 is 0 Å². The Morgan fingerprint density at radius 3 is 1.38 bits per heavy atom. The molecule has 7 N–H and O–H groups in total. The topological polar surface area (TPSA) is 142 Å². The molecule has 0 atom stereocenters. The van der Waals surface area contributed by atoms with Crippen LogP contribution in [0.1, 0.15) is 0 Å². The second kappa shape index (κ2) is 228. The highest BCUT2D eigenvalue weighted by Crippen LogP contribution is 1.56. The van der Waals surface area contributed by atoms with Gasteiger partial charge in [-0.1, -0.05) is 0 Å². The van der Waals surface area contributed by atoms with Crippen LogP contribution in [0.4, 0.5) is 0 Å². The van der Waals surface area contributed by atoms with E-state index in [1.807, 2.05) is 0 Å². The maximum atomic E-state index is 6.00. The summed E-state index contributed by atoms with van der Waals surface area (Å²) in [6.07, 6.45) is 0. The monoisotopic (exact) mass is 154 g/mol. The molecule has 7 nitrogen and oxygen atoms in total. The van der Waals surface area contributed by atoms with Crippen LogP contribution in [0.3, 0.4) is 0 Å². The van der Waals surface area contributed by atoms with Crippen molar-refractivity contribution in [3.05, 3.63) is 0 Å². The van der Waals surface area contributed by atoms with Gasteiger partial charge < -0.3 is 5.48 Å². The molecule has 0 saturated carbocycles. The van der Waals surface area contributed by atoms with Crippen molar-refractivity contribution >= 4 is 12.9 Å². The van der Waals surface area contributed by atoms with Crippen LogP contribution >= 0.6 is 12.9 Å². The smallest absolute Gasteiger partial charge is 0.256 e. The molecule has 0 spiro atoms. The molecule has 0 rings (SSSR count). The van der Waals surface area contributed by atoms with Crippen molar-refractivity contribution in [2.75, 3.05) is 0 Å². The second-order valence-corrected chi connectivity index (χ2v) is 0.224. The predicted molar refractivity (Wildman–Crippen MR) is 26.8 cm³/mol. The third-order valence-corrected chi connectivity index (χ3v) is 0. The highest BCUT2D eigenvalue weighted by atomic mass is 32.1. The Kier molecular flexibility index (Phi) is 446. The summed E-state index contributed by atoms with van der Waals surface area (Å²) in [7, 11) is 0. The molecule has 0 aliphatic rings. The van der Waals surface area contributed by atoms with Gasteiger partial charge in [0.15, 0.2) is 0 Å². The number of hydrogen-bond acceptors (Lipinski definition) is 7. The van der Waals surface area contributed by atoms with E-state index in [2.05, 4.69) is 22.5 Å². The molecule has 0 aromatic heterocycles. The third kappa shape index (κ3) is 31800. The van der Waals surface area contributed by atoms with E-state index in [1.54, 1.807) is 0 Å². The Bertz CT molecular complexity index is 10.9. The molecule has 56 valence electrons. The number of hydrogen-bond donors (Lipinski definition) is 6. The van der Waals surface area contributed by atoms with Gasteiger partial charge in [0, 0.05) is 12.9 Å². The van der Waals surface area contributed by atoms with E-state index in [1.165, 1.54) is 0 Å². The Morgan fingerprint density at radius 1 is 1.25 bits per heavy atom. The molecule has 0 unspecified atom stereocenters. The van der Waals surface area contributed by atoms with Crippen LogP contribution < -0.4 is 0 Å². The quantitative estimate of drug-likeness (QED) is 0.130. The minimum absolute atomic E-state index is 0. The summed E-state index contributed by atoms with van der Waals surface area (Å²) < 4.78 is 9.06. The maximum absolute atomic E-state index is 6.00. The van der Waals surface area contributed by atoms with Crippen LogP contribution in [0, 0.1) is 0 Å². The highest BCUT2D eigenvalue weighted by molar-refractivity contribution is 7.74. The molecular formula is H8O7S. The molecule has 0 aromatic carbocycles. The Morgan fingerprint density at radius 2 is 1.38 bits per heavy atom. The van der Waals surface area contributed by atoms with Gasteiger partial charge in [0.1, 0.15) is 0 Å². The third-order valence-electron chi connectivity index (χ3n) is 0. The summed E-state index contributed by atoms with van der Waals surface area (Å²) in [5, 5.41) is 27.2. The average Bonchev–Trinajstić information content (AvgIpc) is 1.96. The minimum Gasteiger partial charge on any atom is -0.412 e. The van der Waals surface area contributed by atoms with Crippen molar-refractivity contribution in [1.29, 1.82) is 1.43 Å². The van der Waals surface area contributed by atoms with Crippen molar-refractivity contribution in [2.24, 2.45) is 0 Å². The lowest BCUT2D eigenvalue weighted by atomic mass is 15.0. The largest absolute Gasteiger partial charge is 0.412 e. The normalized spacial score (nSPS) is 5.38. The van der Waals surface area contributed by atoms with E-state index in [0.717, 1.165) is 0 Å². The lowest BCUT2D eigenvalue weighted by molar-refractivity contribution is -0.176. The predicted octanol–water partition coefficient (Wildman–Crippen LogP) is -0.469.